The van der Waals surface area contributed by atoms with Crippen LogP contribution in [-0.2, 0) is 21.4 Å². The maximum atomic E-state index is 14.0. The molecule has 0 spiro atoms. The SMILES string of the molecule is Cc1cc(C)c2nc(N(CCn3cccn3)C(=O)C3CCCN3S(=O)(=O)c3ccc(Cl)cc3)sc2c1. The average Bonchev–Trinajstić information content (AvgIpc) is 3.60. The highest BCUT2D eigenvalue weighted by atomic mass is 35.5. The van der Waals surface area contributed by atoms with Gasteiger partial charge in [0.25, 0.3) is 0 Å². The number of hydrogen-bond donors (Lipinski definition) is 0. The van der Waals surface area contributed by atoms with Gasteiger partial charge in [-0.2, -0.15) is 9.40 Å². The molecule has 0 bridgehead atoms. The summed E-state index contributed by atoms with van der Waals surface area (Å²) >= 11 is 7.41. The Balaban J connectivity index is 1.50. The van der Waals surface area contributed by atoms with Crippen molar-refractivity contribution in [3.8, 4) is 0 Å². The van der Waals surface area contributed by atoms with E-state index in [1.165, 1.54) is 27.8 Å². The molecule has 36 heavy (non-hydrogen) atoms. The van der Waals surface area contributed by atoms with Crippen LogP contribution in [0, 0.1) is 13.8 Å². The maximum Gasteiger partial charge on any atom is 0.247 e. The Kier molecular flexibility index (Phi) is 6.86. The number of sulfonamides is 1. The van der Waals surface area contributed by atoms with Crippen LogP contribution >= 0.6 is 22.9 Å². The number of benzene rings is 2. The third-order valence-electron chi connectivity index (χ3n) is 6.34. The highest BCUT2D eigenvalue weighted by Gasteiger charge is 2.42. The smallest absolute Gasteiger partial charge is 0.247 e. The zero-order valence-electron chi connectivity index (χ0n) is 20.0. The molecule has 3 heterocycles. The maximum absolute atomic E-state index is 14.0. The van der Waals surface area contributed by atoms with Gasteiger partial charge in [-0.1, -0.05) is 29.0 Å². The van der Waals surface area contributed by atoms with Crippen molar-refractivity contribution in [3.05, 3.63) is 71.0 Å². The van der Waals surface area contributed by atoms with Gasteiger partial charge in [0, 0.05) is 30.5 Å². The molecule has 0 radical (unpaired) electrons. The van der Waals surface area contributed by atoms with Crippen molar-refractivity contribution < 1.29 is 13.2 Å². The van der Waals surface area contributed by atoms with Crippen molar-refractivity contribution in [1.82, 2.24) is 19.1 Å². The van der Waals surface area contributed by atoms with Gasteiger partial charge in [-0.05, 0) is 74.2 Å². The minimum absolute atomic E-state index is 0.126. The number of halogens is 1. The lowest BCUT2D eigenvalue weighted by Crippen LogP contribution is -2.48. The lowest BCUT2D eigenvalue weighted by Gasteiger charge is -2.28. The molecule has 11 heteroatoms. The summed E-state index contributed by atoms with van der Waals surface area (Å²) in [6, 6.07) is 11.2. The Morgan fingerprint density at radius 3 is 2.72 bits per heavy atom. The van der Waals surface area contributed by atoms with Crippen molar-refractivity contribution in [2.75, 3.05) is 18.0 Å². The molecule has 0 aliphatic carbocycles. The van der Waals surface area contributed by atoms with Crippen molar-refractivity contribution in [3.63, 3.8) is 0 Å². The van der Waals surface area contributed by atoms with Crippen LogP contribution in [0.2, 0.25) is 5.02 Å². The lowest BCUT2D eigenvalue weighted by atomic mass is 10.1. The van der Waals surface area contributed by atoms with Crippen LogP contribution in [0.1, 0.15) is 24.0 Å². The fraction of sp³-hybridized carbons (Fsp3) is 0.320. The molecular formula is C25H26ClN5O3S2. The van der Waals surface area contributed by atoms with Crippen molar-refractivity contribution in [2.45, 2.75) is 44.2 Å². The van der Waals surface area contributed by atoms with Gasteiger partial charge < -0.3 is 0 Å². The molecule has 2 aromatic carbocycles. The summed E-state index contributed by atoms with van der Waals surface area (Å²) in [6.07, 6.45) is 4.58. The summed E-state index contributed by atoms with van der Waals surface area (Å²) in [4.78, 5) is 20.6. The molecule has 188 valence electrons. The van der Waals surface area contributed by atoms with E-state index in [9.17, 15) is 13.2 Å². The van der Waals surface area contributed by atoms with Gasteiger partial charge >= 0.3 is 0 Å². The first-order chi connectivity index (χ1) is 17.2. The van der Waals surface area contributed by atoms with Crippen LogP contribution in [-0.4, -0.2) is 52.5 Å². The molecule has 8 nitrogen and oxygen atoms in total. The molecule has 1 fully saturated rings. The summed E-state index contributed by atoms with van der Waals surface area (Å²) in [5, 5.41) is 5.27. The number of carbonyl (C=O) groups excluding carboxylic acids is 1. The Morgan fingerprint density at radius 2 is 2.00 bits per heavy atom. The molecule has 5 rings (SSSR count). The summed E-state index contributed by atoms with van der Waals surface area (Å²) in [5.74, 6) is -0.273. The van der Waals surface area contributed by atoms with Gasteiger partial charge in [-0.25, -0.2) is 13.4 Å². The second-order valence-electron chi connectivity index (χ2n) is 8.91. The number of rotatable bonds is 7. The van der Waals surface area contributed by atoms with E-state index in [1.54, 1.807) is 27.9 Å². The monoisotopic (exact) mass is 543 g/mol. The zero-order chi connectivity index (χ0) is 25.4. The molecule has 4 aromatic rings. The third-order valence-corrected chi connectivity index (χ3v) is 9.54. The van der Waals surface area contributed by atoms with Gasteiger partial charge in [-0.15, -0.1) is 0 Å². The van der Waals surface area contributed by atoms with E-state index in [0.29, 0.717) is 36.1 Å². The van der Waals surface area contributed by atoms with E-state index < -0.39 is 16.1 Å². The first-order valence-corrected chi connectivity index (χ1v) is 14.3. The largest absolute Gasteiger partial charge is 0.285 e. The number of amides is 1. The fourth-order valence-corrected chi connectivity index (χ4v) is 7.56. The number of carbonyl (C=O) groups is 1. The highest BCUT2D eigenvalue weighted by molar-refractivity contribution is 7.89. The number of thiazole rings is 1. The van der Waals surface area contributed by atoms with E-state index >= 15 is 0 Å². The Bertz CT molecular complexity index is 1500. The molecule has 1 atom stereocenters. The third kappa shape index (κ3) is 4.78. The van der Waals surface area contributed by atoms with E-state index in [4.69, 9.17) is 16.6 Å². The van der Waals surface area contributed by atoms with Gasteiger partial charge in [-0.3, -0.25) is 14.4 Å². The highest BCUT2D eigenvalue weighted by Crippen LogP contribution is 2.34. The fourth-order valence-electron chi connectivity index (χ4n) is 4.61. The molecule has 1 saturated heterocycles. The van der Waals surface area contributed by atoms with Crippen LogP contribution < -0.4 is 4.90 Å². The second-order valence-corrected chi connectivity index (χ2v) is 12.2. The number of nitrogens with zero attached hydrogens (tertiary/aromatic N) is 5. The van der Waals surface area contributed by atoms with Crippen LogP contribution in [0.25, 0.3) is 10.2 Å². The molecule has 2 aromatic heterocycles. The molecular weight excluding hydrogens is 518 g/mol. The zero-order valence-corrected chi connectivity index (χ0v) is 22.4. The average molecular weight is 544 g/mol. The normalized spacial score (nSPS) is 16.6. The van der Waals surface area contributed by atoms with Crippen molar-refractivity contribution in [1.29, 1.82) is 0 Å². The van der Waals surface area contributed by atoms with Crippen LogP contribution in [0.5, 0.6) is 0 Å². The number of fused-ring (bicyclic) bond motifs is 1. The van der Waals surface area contributed by atoms with Gasteiger partial charge in [0.15, 0.2) is 5.13 Å². The summed E-state index contributed by atoms with van der Waals surface area (Å²) in [5.41, 5.74) is 3.02. The first-order valence-electron chi connectivity index (χ1n) is 11.7. The quantitative estimate of drug-likeness (QED) is 0.338. The molecule has 0 N–H and O–H groups in total. The van der Waals surface area contributed by atoms with Crippen molar-refractivity contribution in [2.24, 2.45) is 0 Å². The predicted molar refractivity (Wildman–Crippen MR) is 142 cm³/mol. The van der Waals surface area contributed by atoms with Gasteiger partial charge in [0.05, 0.1) is 21.7 Å². The number of hydrogen-bond acceptors (Lipinski definition) is 6. The molecule has 1 amide bonds. The lowest BCUT2D eigenvalue weighted by molar-refractivity contribution is -0.121. The molecule has 0 saturated carbocycles. The van der Waals surface area contributed by atoms with Gasteiger partial charge in [0.1, 0.15) is 6.04 Å². The summed E-state index contributed by atoms with van der Waals surface area (Å²) in [6.45, 7) is 5.11. The first kappa shape index (κ1) is 24.9. The number of aryl methyl sites for hydroxylation is 2. The van der Waals surface area contributed by atoms with Crippen LogP contribution in [0.4, 0.5) is 5.13 Å². The second kappa shape index (κ2) is 9.93. The number of aromatic nitrogens is 3. The van der Waals surface area contributed by atoms with E-state index in [0.717, 1.165) is 21.3 Å². The summed E-state index contributed by atoms with van der Waals surface area (Å²) < 4.78 is 31.0. The van der Waals surface area contributed by atoms with Crippen LogP contribution in [0.3, 0.4) is 0 Å². The topological polar surface area (TPSA) is 88.4 Å². The summed E-state index contributed by atoms with van der Waals surface area (Å²) in [7, 11) is -3.87. The van der Waals surface area contributed by atoms with Gasteiger partial charge in [0.2, 0.25) is 15.9 Å². The van der Waals surface area contributed by atoms with E-state index in [2.05, 4.69) is 17.2 Å². The minimum atomic E-state index is -3.87. The predicted octanol–water partition coefficient (Wildman–Crippen LogP) is 4.65. The molecule has 1 unspecified atom stereocenters. The van der Waals surface area contributed by atoms with Crippen molar-refractivity contribution >= 4 is 54.2 Å². The number of anilines is 1. The Morgan fingerprint density at radius 1 is 1.22 bits per heavy atom. The Hall–Kier alpha value is -2.79. The minimum Gasteiger partial charge on any atom is -0.285 e. The van der Waals surface area contributed by atoms with E-state index in [-0.39, 0.29) is 17.3 Å². The van der Waals surface area contributed by atoms with Crippen LogP contribution in [0.15, 0.2) is 59.8 Å². The molecule has 1 aliphatic rings. The molecule has 1 aliphatic heterocycles. The standard InChI is InChI=1S/C25H26ClN5O3S2/c1-17-15-18(2)23-22(16-17)35-25(28-23)30(14-13-29-11-4-10-27-29)24(32)21-5-3-12-31(21)36(33,34)20-8-6-19(26)7-9-20/h4,6-11,15-16,21H,3,5,12-14H2,1-2H3. The Labute approximate surface area is 219 Å². The van der Waals surface area contributed by atoms with E-state index in [1.807, 2.05) is 26.1 Å².